The Kier molecular flexibility index (Phi) is 5.53. The Morgan fingerprint density at radius 2 is 1.77 bits per heavy atom. The van der Waals surface area contributed by atoms with E-state index in [9.17, 15) is 13.2 Å². The van der Waals surface area contributed by atoms with E-state index in [1.807, 2.05) is 4.90 Å². The van der Waals surface area contributed by atoms with Gasteiger partial charge in [0.05, 0.1) is 4.90 Å². The third kappa shape index (κ3) is 4.06. The minimum absolute atomic E-state index is 0.0554. The lowest BCUT2D eigenvalue weighted by molar-refractivity contribution is 0.0792. The maximum Gasteiger partial charge on any atom is 0.253 e. The van der Waals surface area contributed by atoms with Gasteiger partial charge in [-0.2, -0.15) is 0 Å². The fourth-order valence-corrected chi connectivity index (χ4v) is 4.41. The van der Waals surface area contributed by atoms with Gasteiger partial charge in [0.25, 0.3) is 5.91 Å². The van der Waals surface area contributed by atoms with Gasteiger partial charge in [-0.05, 0) is 61.4 Å². The second-order valence-corrected chi connectivity index (χ2v) is 9.66. The molecule has 2 aromatic carbocycles. The number of nitrogens with zero attached hydrogens (tertiary/aromatic N) is 2. The topological polar surface area (TPSA) is 80.1 Å². The van der Waals surface area contributed by atoms with Gasteiger partial charge in [0.2, 0.25) is 10.0 Å². The fraction of sp³-hybridized carbons (Fsp3) is 0.318. The van der Waals surface area contributed by atoms with Crippen LogP contribution in [-0.4, -0.2) is 50.7 Å². The zero-order valence-electron chi connectivity index (χ0n) is 17.0. The predicted octanol–water partition coefficient (Wildman–Crippen LogP) is 3.50. The lowest BCUT2D eigenvalue weighted by Crippen LogP contribution is -2.27. The molecular weight excluding hydrogens is 404 g/mol. The van der Waals surface area contributed by atoms with Crippen LogP contribution in [0.3, 0.4) is 0 Å². The summed E-state index contributed by atoms with van der Waals surface area (Å²) in [6.07, 6.45) is 2.13. The summed E-state index contributed by atoms with van der Waals surface area (Å²) in [5, 5.41) is 0.697. The number of rotatable bonds is 6. The highest BCUT2D eigenvalue weighted by atomic mass is 32.2. The highest BCUT2D eigenvalue weighted by Crippen LogP contribution is 2.25. The third-order valence-corrected chi connectivity index (χ3v) is 7.00. The third-order valence-electron chi connectivity index (χ3n) is 5.19. The molecule has 1 aliphatic heterocycles. The average Bonchev–Trinajstić information content (AvgIpc) is 3.41. The van der Waals surface area contributed by atoms with Crippen molar-refractivity contribution in [2.45, 2.75) is 24.3 Å². The summed E-state index contributed by atoms with van der Waals surface area (Å²) in [7, 11) is -0.506. The van der Waals surface area contributed by atoms with Crippen molar-refractivity contribution >= 4 is 26.9 Å². The number of hydrogen-bond acceptors (Lipinski definition) is 5. The summed E-state index contributed by atoms with van der Waals surface area (Å²) in [5.74, 6) is 1.27. The Labute approximate surface area is 175 Å². The molecule has 3 aromatic rings. The quantitative estimate of drug-likeness (QED) is 0.600. The van der Waals surface area contributed by atoms with E-state index in [2.05, 4.69) is 0 Å². The number of likely N-dealkylation sites (tertiary alicyclic amines) is 1. The van der Waals surface area contributed by atoms with Crippen LogP contribution < -0.4 is 4.74 Å². The van der Waals surface area contributed by atoms with Gasteiger partial charge in [-0.15, -0.1) is 0 Å². The smallest absolute Gasteiger partial charge is 0.253 e. The van der Waals surface area contributed by atoms with Crippen LogP contribution in [0.25, 0.3) is 11.0 Å². The summed E-state index contributed by atoms with van der Waals surface area (Å²) in [6.45, 7) is 1.84. The molecule has 0 unspecified atom stereocenters. The van der Waals surface area contributed by atoms with E-state index in [1.165, 1.54) is 24.5 Å². The molecule has 1 fully saturated rings. The van der Waals surface area contributed by atoms with Crippen molar-refractivity contribution in [1.29, 1.82) is 0 Å². The zero-order chi connectivity index (χ0) is 21.3. The number of sulfonamides is 1. The van der Waals surface area contributed by atoms with E-state index in [1.54, 1.807) is 42.5 Å². The second-order valence-electron chi connectivity index (χ2n) is 7.51. The number of hydrogen-bond donors (Lipinski definition) is 0. The van der Waals surface area contributed by atoms with Crippen LogP contribution in [0.1, 0.15) is 29.0 Å². The highest BCUT2D eigenvalue weighted by molar-refractivity contribution is 7.89. The van der Waals surface area contributed by atoms with E-state index in [0.717, 1.165) is 25.9 Å². The first-order valence-corrected chi connectivity index (χ1v) is 11.3. The van der Waals surface area contributed by atoms with Crippen molar-refractivity contribution in [3.05, 3.63) is 59.9 Å². The van der Waals surface area contributed by atoms with Gasteiger partial charge in [-0.1, -0.05) is 0 Å². The molecule has 0 spiro atoms. The molecule has 8 heteroatoms. The number of furan rings is 1. The van der Waals surface area contributed by atoms with Crippen LogP contribution >= 0.6 is 0 Å². The molecule has 0 N–H and O–H groups in total. The monoisotopic (exact) mass is 428 g/mol. The molecule has 0 atom stereocenters. The van der Waals surface area contributed by atoms with Gasteiger partial charge in [0, 0.05) is 38.1 Å². The molecule has 0 saturated carbocycles. The van der Waals surface area contributed by atoms with Crippen molar-refractivity contribution in [1.82, 2.24) is 9.21 Å². The molecule has 1 amide bonds. The zero-order valence-corrected chi connectivity index (χ0v) is 17.8. The molecule has 1 aromatic heterocycles. The molecule has 0 aliphatic carbocycles. The Balaban J connectivity index is 1.44. The van der Waals surface area contributed by atoms with Crippen molar-refractivity contribution in [2.24, 2.45) is 0 Å². The second kappa shape index (κ2) is 8.12. The molecule has 2 heterocycles. The largest absolute Gasteiger partial charge is 0.486 e. The predicted molar refractivity (Wildman–Crippen MR) is 113 cm³/mol. The van der Waals surface area contributed by atoms with Crippen LogP contribution in [0.4, 0.5) is 0 Å². The molecule has 7 nitrogen and oxygen atoms in total. The SMILES string of the molecule is CN(C)S(=O)(=O)c1ccc2oc(COc3ccc(C(=O)N4CCCC4)cc3)cc2c1. The molecule has 0 radical (unpaired) electrons. The fourth-order valence-electron chi connectivity index (χ4n) is 3.47. The Morgan fingerprint density at radius 1 is 1.07 bits per heavy atom. The average molecular weight is 429 g/mol. The maximum absolute atomic E-state index is 12.4. The molecule has 1 aliphatic rings. The van der Waals surface area contributed by atoms with Crippen molar-refractivity contribution in [3.63, 3.8) is 0 Å². The lowest BCUT2D eigenvalue weighted by atomic mass is 10.2. The Morgan fingerprint density at radius 3 is 2.43 bits per heavy atom. The van der Waals surface area contributed by atoms with Crippen LogP contribution in [0, 0.1) is 0 Å². The molecule has 0 bridgehead atoms. The van der Waals surface area contributed by atoms with Gasteiger partial charge in [-0.25, -0.2) is 12.7 Å². The number of ether oxygens (including phenoxy) is 1. The van der Waals surface area contributed by atoms with Crippen molar-refractivity contribution in [2.75, 3.05) is 27.2 Å². The normalized spacial score (nSPS) is 14.6. The first kappa shape index (κ1) is 20.4. The van der Waals surface area contributed by atoms with Gasteiger partial charge >= 0.3 is 0 Å². The first-order valence-electron chi connectivity index (χ1n) is 9.82. The molecular formula is C22H24N2O5S. The molecule has 158 valence electrons. The minimum Gasteiger partial charge on any atom is -0.486 e. The number of fused-ring (bicyclic) bond motifs is 1. The number of carbonyl (C=O) groups excluding carboxylic acids is 1. The summed E-state index contributed by atoms with van der Waals surface area (Å²) in [4.78, 5) is 14.5. The van der Waals surface area contributed by atoms with E-state index in [-0.39, 0.29) is 17.4 Å². The van der Waals surface area contributed by atoms with E-state index < -0.39 is 10.0 Å². The number of benzene rings is 2. The van der Waals surface area contributed by atoms with Crippen LogP contribution in [0.15, 0.2) is 57.8 Å². The summed E-state index contributed by atoms with van der Waals surface area (Å²) in [5.41, 5.74) is 1.25. The van der Waals surface area contributed by atoms with Crippen molar-refractivity contribution < 1.29 is 22.4 Å². The summed E-state index contributed by atoms with van der Waals surface area (Å²) < 4.78 is 37.3. The Bertz CT molecular complexity index is 1160. The van der Waals surface area contributed by atoms with Gasteiger partial charge in [0.1, 0.15) is 23.7 Å². The van der Waals surface area contributed by atoms with Crippen LogP contribution in [0.5, 0.6) is 5.75 Å². The van der Waals surface area contributed by atoms with E-state index in [0.29, 0.717) is 28.0 Å². The number of carbonyl (C=O) groups is 1. The first-order chi connectivity index (χ1) is 14.3. The highest BCUT2D eigenvalue weighted by Gasteiger charge is 2.20. The van der Waals surface area contributed by atoms with Gasteiger partial charge in [-0.3, -0.25) is 4.79 Å². The lowest BCUT2D eigenvalue weighted by Gasteiger charge is -2.15. The van der Waals surface area contributed by atoms with Crippen LogP contribution in [0.2, 0.25) is 0 Å². The Hall–Kier alpha value is -2.84. The molecule has 30 heavy (non-hydrogen) atoms. The van der Waals surface area contributed by atoms with E-state index >= 15 is 0 Å². The molecule has 1 saturated heterocycles. The maximum atomic E-state index is 12.4. The van der Waals surface area contributed by atoms with Crippen LogP contribution in [-0.2, 0) is 16.6 Å². The van der Waals surface area contributed by atoms with Gasteiger partial charge < -0.3 is 14.1 Å². The standard InChI is InChI=1S/C22H24N2O5S/c1-23(2)30(26,27)20-9-10-21-17(14-20)13-19(29-21)15-28-18-7-5-16(6-8-18)22(25)24-11-3-4-12-24/h5-10,13-14H,3-4,11-12,15H2,1-2H3. The van der Waals surface area contributed by atoms with Crippen molar-refractivity contribution in [3.8, 4) is 5.75 Å². The van der Waals surface area contributed by atoms with Gasteiger partial charge in [0.15, 0.2) is 0 Å². The molecule has 4 rings (SSSR count). The minimum atomic E-state index is -3.50. The summed E-state index contributed by atoms with van der Waals surface area (Å²) >= 11 is 0. The summed E-state index contributed by atoms with van der Waals surface area (Å²) in [6, 6.07) is 13.6. The number of amides is 1. The van der Waals surface area contributed by atoms with E-state index in [4.69, 9.17) is 9.15 Å².